The van der Waals surface area contributed by atoms with Crippen molar-refractivity contribution in [1.82, 2.24) is 14.9 Å². The first-order valence-electron chi connectivity index (χ1n) is 13.8. The first kappa shape index (κ1) is 28.0. The summed E-state index contributed by atoms with van der Waals surface area (Å²) in [4.78, 5) is 25.2. The van der Waals surface area contributed by atoms with Gasteiger partial charge in [0.1, 0.15) is 4.90 Å². The highest BCUT2D eigenvalue weighted by Gasteiger charge is 2.54. The van der Waals surface area contributed by atoms with Gasteiger partial charge in [-0.25, -0.2) is 13.4 Å². The lowest BCUT2D eigenvalue weighted by Gasteiger charge is -2.53. The molecule has 2 aliphatic carbocycles. The Morgan fingerprint density at radius 1 is 1.26 bits per heavy atom. The fourth-order valence-corrected chi connectivity index (χ4v) is 9.74. The summed E-state index contributed by atoms with van der Waals surface area (Å²) >= 11 is 1.38. The van der Waals surface area contributed by atoms with Gasteiger partial charge in [-0.3, -0.25) is 14.5 Å². The number of aliphatic hydroxyl groups excluding tert-OH is 1. The zero-order valence-electron chi connectivity index (χ0n) is 23.2. The lowest BCUT2D eigenvalue weighted by atomic mass is 9.53. The van der Waals surface area contributed by atoms with Crippen molar-refractivity contribution in [3.05, 3.63) is 47.1 Å². The van der Waals surface area contributed by atoms with Gasteiger partial charge in [0.2, 0.25) is 5.91 Å². The van der Waals surface area contributed by atoms with Gasteiger partial charge in [-0.1, -0.05) is 39.0 Å². The van der Waals surface area contributed by atoms with E-state index in [-0.39, 0.29) is 39.9 Å². The lowest BCUT2D eigenvalue weighted by Crippen LogP contribution is -2.53. The number of nitrogens with zero attached hydrogens (tertiary/aromatic N) is 3. The highest BCUT2D eigenvalue weighted by atomic mass is 32.2. The summed E-state index contributed by atoms with van der Waals surface area (Å²) in [6.45, 7) is 11.5. The van der Waals surface area contributed by atoms with Crippen LogP contribution in [0.2, 0.25) is 0 Å². The molecule has 0 saturated heterocycles. The number of hydrogen-bond donors (Lipinski definition) is 2. The van der Waals surface area contributed by atoms with Gasteiger partial charge >= 0.3 is 0 Å². The number of fused-ring (bicyclic) bond motifs is 3. The van der Waals surface area contributed by atoms with Gasteiger partial charge in [-0.2, -0.15) is 0 Å². The van der Waals surface area contributed by atoms with Crippen LogP contribution in [0.3, 0.4) is 0 Å². The number of carbonyl (C=O) groups is 1. The molecule has 0 spiro atoms. The molecular weight excluding hydrogens is 532 g/mol. The Morgan fingerprint density at radius 3 is 2.69 bits per heavy atom. The van der Waals surface area contributed by atoms with Crippen molar-refractivity contribution in [3.63, 3.8) is 0 Å². The van der Waals surface area contributed by atoms with Gasteiger partial charge in [-0.15, -0.1) is 11.3 Å². The average Bonchev–Trinajstić information content (AvgIpc) is 3.29. The molecule has 5 rings (SSSR count). The number of para-hydroxylation sites is 1. The molecule has 210 valence electrons. The Labute approximate surface area is 234 Å². The molecule has 39 heavy (non-hydrogen) atoms. The van der Waals surface area contributed by atoms with Crippen molar-refractivity contribution in [2.45, 2.75) is 70.8 Å². The monoisotopic (exact) mass is 570 g/mol. The van der Waals surface area contributed by atoms with Crippen LogP contribution >= 0.6 is 11.3 Å². The minimum atomic E-state index is -3.91. The molecule has 1 fully saturated rings. The summed E-state index contributed by atoms with van der Waals surface area (Å²) in [6, 6.07) is 8.72. The van der Waals surface area contributed by atoms with E-state index < -0.39 is 16.1 Å². The number of carbonyl (C=O) groups excluding carboxylic acids is 1. The zero-order valence-corrected chi connectivity index (χ0v) is 24.8. The smallest absolute Gasteiger partial charge is 0.265 e. The van der Waals surface area contributed by atoms with Crippen LogP contribution in [0.1, 0.15) is 63.9 Å². The number of anilines is 1. The molecule has 0 aliphatic heterocycles. The Bertz CT molecular complexity index is 1480. The molecular formula is C29H38N4O4S2. The third-order valence-electron chi connectivity index (χ3n) is 9.14. The van der Waals surface area contributed by atoms with Crippen LogP contribution in [0.4, 0.5) is 5.13 Å². The quantitative estimate of drug-likeness (QED) is 0.411. The average molecular weight is 571 g/mol. The van der Waals surface area contributed by atoms with E-state index in [9.17, 15) is 18.3 Å². The highest BCUT2D eigenvalue weighted by molar-refractivity contribution is 7.93. The second-order valence-corrected chi connectivity index (χ2v) is 14.1. The fraction of sp³-hybridized carbons (Fsp3) is 0.552. The van der Waals surface area contributed by atoms with Gasteiger partial charge in [0, 0.05) is 41.4 Å². The zero-order chi connectivity index (χ0) is 28.1. The number of sulfonamides is 1. The summed E-state index contributed by atoms with van der Waals surface area (Å²) in [6.07, 6.45) is 3.37. The minimum Gasteiger partial charge on any atom is -0.392 e. The van der Waals surface area contributed by atoms with Crippen LogP contribution in [0.15, 0.2) is 41.4 Å². The van der Waals surface area contributed by atoms with E-state index in [0.29, 0.717) is 23.7 Å². The van der Waals surface area contributed by atoms with E-state index in [1.807, 2.05) is 37.8 Å². The second kappa shape index (κ2) is 10.4. The molecule has 0 unspecified atom stereocenters. The molecule has 10 heteroatoms. The molecule has 1 aromatic carbocycles. The van der Waals surface area contributed by atoms with Gasteiger partial charge in [-0.05, 0) is 62.5 Å². The van der Waals surface area contributed by atoms with Gasteiger partial charge in [0.05, 0.1) is 17.3 Å². The summed E-state index contributed by atoms with van der Waals surface area (Å²) in [5, 5.41) is 12.8. The number of pyridine rings is 1. The van der Waals surface area contributed by atoms with Gasteiger partial charge < -0.3 is 10.0 Å². The standard InChI is InChI=1S/C29H38N4O4S2/c1-6-33(7-2)27(35)17(3)20-13-14-29(5)16-21-24(18(4)23(29)26(20)34)31-28(38-21)32-39(36,37)22-12-8-10-19-11-9-15-30-25(19)22/h8-12,15,17-18,20,23,26,34H,6-7,13-14,16H2,1-5H3,(H,31,32)/t17-,18-,20+,23+,26-,29-/m0/s1. The van der Waals surface area contributed by atoms with Crippen molar-refractivity contribution in [2.24, 2.45) is 23.2 Å². The van der Waals surface area contributed by atoms with Crippen LogP contribution in [-0.2, 0) is 21.2 Å². The Morgan fingerprint density at radius 2 is 1.97 bits per heavy atom. The van der Waals surface area contributed by atoms with Crippen molar-refractivity contribution < 1.29 is 18.3 Å². The van der Waals surface area contributed by atoms with E-state index in [4.69, 9.17) is 4.98 Å². The minimum absolute atomic E-state index is 0.0653. The third-order valence-corrected chi connectivity index (χ3v) is 11.6. The van der Waals surface area contributed by atoms with Crippen LogP contribution < -0.4 is 4.72 Å². The molecule has 2 heterocycles. The van der Waals surface area contributed by atoms with Crippen molar-refractivity contribution in [1.29, 1.82) is 0 Å². The molecule has 6 atom stereocenters. The number of benzene rings is 1. The molecule has 1 amide bonds. The van der Waals surface area contributed by atoms with Crippen LogP contribution in [-0.4, -0.2) is 53.5 Å². The number of amides is 1. The van der Waals surface area contributed by atoms with Crippen molar-refractivity contribution >= 4 is 43.3 Å². The fourth-order valence-electron chi connectivity index (χ4n) is 7.06. The summed E-state index contributed by atoms with van der Waals surface area (Å²) in [5.74, 6) is -0.406. The topological polar surface area (TPSA) is 112 Å². The summed E-state index contributed by atoms with van der Waals surface area (Å²) in [7, 11) is -3.91. The summed E-state index contributed by atoms with van der Waals surface area (Å²) < 4.78 is 29.5. The largest absolute Gasteiger partial charge is 0.392 e. The predicted octanol–water partition coefficient (Wildman–Crippen LogP) is 5.05. The van der Waals surface area contributed by atoms with E-state index >= 15 is 0 Å². The van der Waals surface area contributed by atoms with Crippen molar-refractivity contribution in [2.75, 3.05) is 17.8 Å². The highest BCUT2D eigenvalue weighted by Crippen LogP contribution is 2.57. The second-order valence-electron chi connectivity index (χ2n) is 11.4. The SMILES string of the molecule is CCN(CC)C(=O)[C@@H](C)[C@H]1CC[C@@]2(C)Cc3sc(NS(=O)(=O)c4cccc5cccnc45)nc3[C@@H](C)[C@@H]2[C@H]1O. The maximum Gasteiger partial charge on any atom is 0.265 e. The van der Waals surface area contributed by atoms with Gasteiger partial charge in [0.15, 0.2) is 5.13 Å². The molecule has 2 aliphatic rings. The number of rotatable bonds is 7. The van der Waals surface area contributed by atoms with E-state index in [1.54, 1.807) is 24.4 Å². The van der Waals surface area contributed by atoms with Crippen LogP contribution in [0.25, 0.3) is 10.9 Å². The van der Waals surface area contributed by atoms with E-state index in [2.05, 4.69) is 23.6 Å². The van der Waals surface area contributed by atoms with Gasteiger partial charge in [0.25, 0.3) is 10.0 Å². The predicted molar refractivity (Wildman–Crippen MR) is 154 cm³/mol. The summed E-state index contributed by atoms with van der Waals surface area (Å²) in [5.41, 5.74) is 1.12. The number of hydrogen-bond acceptors (Lipinski definition) is 7. The Hall–Kier alpha value is -2.56. The lowest BCUT2D eigenvalue weighted by molar-refractivity contribution is -0.144. The number of aromatic nitrogens is 2. The first-order chi connectivity index (χ1) is 18.5. The molecule has 0 bridgehead atoms. The maximum atomic E-state index is 13.4. The molecule has 2 aromatic heterocycles. The van der Waals surface area contributed by atoms with Crippen molar-refractivity contribution in [3.8, 4) is 0 Å². The molecule has 8 nitrogen and oxygen atoms in total. The molecule has 0 radical (unpaired) electrons. The number of nitrogens with one attached hydrogen (secondary N) is 1. The third kappa shape index (κ3) is 4.85. The van der Waals surface area contributed by atoms with E-state index in [0.717, 1.165) is 35.2 Å². The maximum absolute atomic E-state index is 13.4. The normalized spacial score (nSPS) is 27.4. The molecule has 1 saturated carbocycles. The first-order valence-corrected chi connectivity index (χ1v) is 16.1. The number of aliphatic hydroxyl groups is 1. The van der Waals surface area contributed by atoms with Crippen LogP contribution in [0, 0.1) is 23.2 Å². The van der Waals surface area contributed by atoms with Crippen LogP contribution in [0.5, 0.6) is 0 Å². The molecule has 3 aromatic rings. The Kier molecular flexibility index (Phi) is 7.50. The Balaban J connectivity index is 1.41. The number of thiazole rings is 1. The van der Waals surface area contributed by atoms with E-state index in [1.165, 1.54) is 11.3 Å². The molecule has 2 N–H and O–H groups in total.